The molecule has 4 nitrogen and oxygen atoms in total. The summed E-state index contributed by atoms with van der Waals surface area (Å²) in [4.78, 5) is 20.3. The molecule has 0 radical (unpaired) electrons. The summed E-state index contributed by atoms with van der Waals surface area (Å²) < 4.78 is 5.60. The molecule has 25 heavy (non-hydrogen) atoms. The number of methoxy groups -OCH3 is 1. The van der Waals surface area contributed by atoms with Gasteiger partial charge in [-0.25, -0.2) is 0 Å². The molecule has 1 aromatic carbocycles. The van der Waals surface area contributed by atoms with Gasteiger partial charge in [-0.15, -0.1) is 0 Å². The average Bonchev–Trinajstić information content (AvgIpc) is 3.03. The van der Waals surface area contributed by atoms with Crippen molar-refractivity contribution < 1.29 is 9.53 Å². The van der Waals surface area contributed by atoms with Crippen LogP contribution in [-0.4, -0.2) is 36.9 Å². The summed E-state index contributed by atoms with van der Waals surface area (Å²) in [6, 6.07) is 6.70. The van der Waals surface area contributed by atoms with E-state index in [1.807, 2.05) is 14.0 Å². The number of fused-ring (bicyclic) bond motifs is 3. The summed E-state index contributed by atoms with van der Waals surface area (Å²) in [5.74, 6) is 1.00. The fraction of sp³-hybridized carbons (Fsp3) is 0.619. The van der Waals surface area contributed by atoms with Crippen molar-refractivity contribution in [1.82, 2.24) is 4.90 Å². The van der Waals surface area contributed by atoms with Crippen molar-refractivity contribution in [3.8, 4) is 0 Å². The summed E-state index contributed by atoms with van der Waals surface area (Å²) in [6.07, 6.45) is 6.28. The van der Waals surface area contributed by atoms with Gasteiger partial charge in [0.05, 0.1) is 6.10 Å². The minimum absolute atomic E-state index is 0.0974. The lowest BCUT2D eigenvalue weighted by Gasteiger charge is -2.45. The molecule has 1 saturated carbocycles. The van der Waals surface area contributed by atoms with Crippen molar-refractivity contribution in [2.75, 3.05) is 14.2 Å². The Bertz CT molecular complexity index is 746. The summed E-state index contributed by atoms with van der Waals surface area (Å²) in [7, 11) is 3.66. The molecule has 4 heteroatoms. The normalized spacial score (nSPS) is 34.1. The van der Waals surface area contributed by atoms with Gasteiger partial charge in [0.25, 0.3) is 5.91 Å². The predicted molar refractivity (Wildman–Crippen MR) is 98.8 cm³/mol. The second-order valence-corrected chi connectivity index (χ2v) is 7.97. The fourth-order valence-electron chi connectivity index (χ4n) is 5.31. The Balaban J connectivity index is 1.88. The molecule has 0 aromatic heterocycles. The minimum Gasteiger partial charge on any atom is -0.381 e. The quantitative estimate of drug-likeness (QED) is 0.827. The van der Waals surface area contributed by atoms with Gasteiger partial charge in [0.2, 0.25) is 0 Å². The number of ether oxygens (including phenoxy) is 1. The minimum atomic E-state index is -0.717. The highest BCUT2D eigenvalue weighted by molar-refractivity contribution is 6.08. The standard InChI is InChI=1S/C21H28N2O2/c1-5-15-6-7-16-13-20(10-8-17(25-4)9-11-20)21(18(16)12-15)19(24)23(3)14(2)22-21/h6-7,12,17H,5,8-11,13H2,1-4H3. The molecule has 3 aliphatic rings. The van der Waals surface area contributed by atoms with Crippen LogP contribution in [0.1, 0.15) is 56.2 Å². The number of carbonyl (C=O) groups excluding carboxylic acids is 1. The van der Waals surface area contributed by atoms with E-state index in [2.05, 4.69) is 25.1 Å². The molecule has 1 fully saturated rings. The first-order chi connectivity index (χ1) is 12.0. The third-order valence-electron chi connectivity index (χ3n) is 6.92. The van der Waals surface area contributed by atoms with Crippen LogP contribution in [0.15, 0.2) is 23.2 Å². The largest absolute Gasteiger partial charge is 0.381 e. The molecule has 134 valence electrons. The van der Waals surface area contributed by atoms with E-state index in [0.717, 1.165) is 49.9 Å². The van der Waals surface area contributed by atoms with Crippen molar-refractivity contribution in [2.45, 2.75) is 64.0 Å². The fourth-order valence-corrected chi connectivity index (χ4v) is 5.31. The van der Waals surface area contributed by atoms with Crippen molar-refractivity contribution in [3.63, 3.8) is 0 Å². The van der Waals surface area contributed by atoms with E-state index < -0.39 is 5.54 Å². The molecule has 1 unspecified atom stereocenters. The van der Waals surface area contributed by atoms with Crippen molar-refractivity contribution >= 4 is 11.7 Å². The number of amides is 1. The number of carbonyl (C=O) groups is 1. The van der Waals surface area contributed by atoms with Crippen molar-refractivity contribution in [2.24, 2.45) is 10.4 Å². The number of benzene rings is 1. The first-order valence-corrected chi connectivity index (χ1v) is 9.47. The SMILES string of the molecule is CCc1ccc2c(c1)C1(N=C(C)N(C)C1=O)C1(CCC(OC)CC1)C2. The zero-order valence-corrected chi connectivity index (χ0v) is 15.8. The van der Waals surface area contributed by atoms with E-state index in [-0.39, 0.29) is 11.3 Å². The molecule has 1 amide bonds. The molecule has 2 aliphatic carbocycles. The molecule has 4 rings (SSSR count). The second-order valence-electron chi connectivity index (χ2n) is 7.97. The van der Waals surface area contributed by atoms with Gasteiger partial charge in [-0.2, -0.15) is 0 Å². The lowest BCUT2D eigenvalue weighted by molar-refractivity contribution is -0.137. The maximum atomic E-state index is 13.5. The number of aliphatic imine (C=N–C) groups is 1. The van der Waals surface area contributed by atoms with E-state index in [1.54, 1.807) is 12.0 Å². The summed E-state index contributed by atoms with van der Waals surface area (Å²) in [6.45, 7) is 4.13. The summed E-state index contributed by atoms with van der Waals surface area (Å²) >= 11 is 0. The summed E-state index contributed by atoms with van der Waals surface area (Å²) in [5, 5.41) is 0. The zero-order chi connectivity index (χ0) is 17.8. The van der Waals surface area contributed by atoms with Crippen LogP contribution >= 0.6 is 0 Å². The Hall–Kier alpha value is -1.68. The number of hydrogen-bond acceptors (Lipinski definition) is 3. The highest BCUT2D eigenvalue weighted by Gasteiger charge is 2.65. The van der Waals surface area contributed by atoms with Crippen LogP contribution in [0.3, 0.4) is 0 Å². The second kappa shape index (κ2) is 5.66. The van der Waals surface area contributed by atoms with E-state index in [4.69, 9.17) is 9.73 Å². The zero-order valence-electron chi connectivity index (χ0n) is 15.8. The van der Waals surface area contributed by atoms with E-state index >= 15 is 0 Å². The van der Waals surface area contributed by atoms with Crippen molar-refractivity contribution in [1.29, 1.82) is 0 Å². The maximum Gasteiger partial charge on any atom is 0.260 e. The molecule has 1 heterocycles. The molecule has 0 N–H and O–H groups in total. The number of hydrogen-bond donors (Lipinski definition) is 0. The Kier molecular flexibility index (Phi) is 3.80. The summed E-state index contributed by atoms with van der Waals surface area (Å²) in [5.41, 5.74) is 2.95. The number of nitrogens with zero attached hydrogens (tertiary/aromatic N) is 2. The van der Waals surface area contributed by atoms with Gasteiger partial charge in [0, 0.05) is 19.6 Å². The van der Waals surface area contributed by atoms with E-state index in [1.165, 1.54) is 11.1 Å². The van der Waals surface area contributed by atoms with Crippen LogP contribution in [0, 0.1) is 5.41 Å². The third kappa shape index (κ3) is 2.10. The Morgan fingerprint density at radius 3 is 2.60 bits per heavy atom. The molecule has 0 saturated heterocycles. The van der Waals surface area contributed by atoms with Gasteiger partial charge < -0.3 is 9.64 Å². The molecule has 0 bridgehead atoms. The molecular formula is C21H28N2O2. The van der Waals surface area contributed by atoms with Crippen molar-refractivity contribution in [3.05, 3.63) is 34.9 Å². The van der Waals surface area contributed by atoms with Gasteiger partial charge in [-0.3, -0.25) is 9.79 Å². The van der Waals surface area contributed by atoms with E-state index in [0.29, 0.717) is 6.10 Å². The topological polar surface area (TPSA) is 41.9 Å². The monoisotopic (exact) mass is 340 g/mol. The first-order valence-electron chi connectivity index (χ1n) is 9.47. The van der Waals surface area contributed by atoms with Crippen LogP contribution in [0.25, 0.3) is 0 Å². The third-order valence-corrected chi connectivity index (χ3v) is 6.92. The number of amidine groups is 1. The number of aryl methyl sites for hydroxylation is 1. The van der Waals surface area contributed by atoms with Gasteiger partial charge in [0.1, 0.15) is 5.84 Å². The molecule has 1 aromatic rings. The maximum absolute atomic E-state index is 13.5. The van der Waals surface area contributed by atoms with Gasteiger partial charge >= 0.3 is 0 Å². The van der Waals surface area contributed by atoms with Crippen LogP contribution in [0.4, 0.5) is 0 Å². The first kappa shape index (κ1) is 16.8. The Labute approximate surface area is 150 Å². The van der Waals surface area contributed by atoms with Gasteiger partial charge in [-0.05, 0) is 62.1 Å². The molecule has 1 atom stereocenters. The number of likely N-dealkylation sites (N-methyl/N-ethyl adjacent to an activating group) is 1. The van der Waals surface area contributed by atoms with E-state index in [9.17, 15) is 4.79 Å². The van der Waals surface area contributed by atoms with Crippen LogP contribution in [0.5, 0.6) is 0 Å². The number of rotatable bonds is 2. The van der Waals surface area contributed by atoms with Crippen LogP contribution < -0.4 is 0 Å². The highest BCUT2D eigenvalue weighted by atomic mass is 16.5. The molecular weight excluding hydrogens is 312 g/mol. The molecule has 2 spiro atoms. The predicted octanol–water partition coefficient (Wildman–Crippen LogP) is 3.47. The highest BCUT2D eigenvalue weighted by Crippen LogP contribution is 2.62. The van der Waals surface area contributed by atoms with Crippen LogP contribution in [-0.2, 0) is 27.9 Å². The van der Waals surface area contributed by atoms with Crippen LogP contribution in [0.2, 0.25) is 0 Å². The lowest BCUT2D eigenvalue weighted by atomic mass is 9.61. The van der Waals surface area contributed by atoms with Gasteiger partial charge in [-0.1, -0.05) is 25.1 Å². The molecule has 1 aliphatic heterocycles. The smallest absolute Gasteiger partial charge is 0.260 e. The lowest BCUT2D eigenvalue weighted by Crippen LogP contribution is -2.51. The Morgan fingerprint density at radius 2 is 2.04 bits per heavy atom. The Morgan fingerprint density at radius 1 is 1.32 bits per heavy atom. The van der Waals surface area contributed by atoms with Gasteiger partial charge in [0.15, 0.2) is 5.54 Å². The average molecular weight is 340 g/mol.